The molecular formula is C5H5N2NaO3. The topological polar surface area (TPSA) is 81.6 Å². The predicted molar refractivity (Wildman–Crippen MR) is 29.7 cm³/mol. The summed E-state index contributed by atoms with van der Waals surface area (Å²) in [5.74, 6) is -2.07. The first-order valence-corrected chi connectivity index (χ1v) is 2.71. The van der Waals surface area contributed by atoms with Crippen molar-refractivity contribution in [2.75, 3.05) is 0 Å². The Morgan fingerprint density at radius 3 is 2.55 bits per heavy atom. The van der Waals surface area contributed by atoms with Gasteiger partial charge in [0.25, 0.3) is 5.91 Å². The molecule has 1 aliphatic heterocycles. The summed E-state index contributed by atoms with van der Waals surface area (Å²) in [6.07, 6.45) is 0. The van der Waals surface area contributed by atoms with Gasteiger partial charge in [0.15, 0.2) is 0 Å². The van der Waals surface area contributed by atoms with Crippen LogP contribution in [0.25, 0.3) is 0 Å². The van der Waals surface area contributed by atoms with Crippen molar-refractivity contribution in [1.29, 1.82) is 0 Å². The van der Waals surface area contributed by atoms with Crippen LogP contribution < -0.4 is 40.0 Å². The summed E-state index contributed by atoms with van der Waals surface area (Å²) in [5, 5.41) is 12.2. The van der Waals surface area contributed by atoms with Crippen LogP contribution in [0, 0.1) is 5.92 Å². The third-order valence-corrected chi connectivity index (χ3v) is 1.21. The molecule has 1 atom stereocenters. The van der Waals surface area contributed by atoms with Gasteiger partial charge in [-0.1, -0.05) is 0 Å². The molecule has 0 saturated heterocycles. The quantitative estimate of drug-likeness (QED) is 0.287. The number of carbonyl (C=O) groups is 2. The van der Waals surface area contributed by atoms with Gasteiger partial charge < -0.3 is 10.4 Å². The summed E-state index contributed by atoms with van der Waals surface area (Å²) in [5.41, 5.74) is 0. The van der Waals surface area contributed by atoms with Gasteiger partial charge in [-0.05, 0) is 6.92 Å². The molecule has 1 unspecified atom stereocenters. The summed E-state index contributed by atoms with van der Waals surface area (Å²) in [6, 6.07) is -0.867. The van der Waals surface area contributed by atoms with Gasteiger partial charge in [-0.25, -0.2) is 4.99 Å². The van der Waals surface area contributed by atoms with E-state index in [9.17, 15) is 14.7 Å². The molecule has 0 radical (unpaired) electrons. The van der Waals surface area contributed by atoms with Crippen LogP contribution in [0.1, 0.15) is 6.92 Å². The van der Waals surface area contributed by atoms with Crippen LogP contribution in [0.5, 0.6) is 0 Å². The molecule has 0 bridgehead atoms. The first-order valence-electron chi connectivity index (χ1n) is 2.71. The van der Waals surface area contributed by atoms with Gasteiger partial charge in [-0.15, -0.1) is 0 Å². The van der Waals surface area contributed by atoms with Gasteiger partial charge in [-0.3, -0.25) is 9.59 Å². The van der Waals surface area contributed by atoms with Crippen molar-refractivity contribution < 1.29 is 44.3 Å². The fourth-order valence-electron chi connectivity index (χ4n) is 0.551. The van der Waals surface area contributed by atoms with Crippen LogP contribution >= 0.6 is 0 Å². The van der Waals surface area contributed by atoms with E-state index in [0.29, 0.717) is 0 Å². The van der Waals surface area contributed by atoms with Gasteiger partial charge in [0.1, 0.15) is 5.92 Å². The minimum atomic E-state index is -0.867. The van der Waals surface area contributed by atoms with Crippen LogP contribution in [-0.2, 0) is 9.59 Å². The number of nitrogens with zero attached hydrogens (tertiary/aromatic N) is 1. The van der Waals surface area contributed by atoms with Crippen LogP contribution in [0.3, 0.4) is 0 Å². The minimum Gasteiger partial charge on any atom is -0.846 e. The van der Waals surface area contributed by atoms with Gasteiger partial charge in [0, 0.05) is 0 Å². The van der Waals surface area contributed by atoms with Crippen molar-refractivity contribution in [2.24, 2.45) is 10.9 Å². The van der Waals surface area contributed by atoms with E-state index in [-0.39, 0.29) is 29.6 Å². The van der Waals surface area contributed by atoms with Crippen molar-refractivity contribution in [3.05, 3.63) is 0 Å². The Balaban J connectivity index is 0.000001000. The maximum Gasteiger partial charge on any atom is 1.00 e. The zero-order valence-electron chi connectivity index (χ0n) is 6.25. The largest absolute Gasteiger partial charge is 1.00 e. The summed E-state index contributed by atoms with van der Waals surface area (Å²) >= 11 is 0. The average molecular weight is 164 g/mol. The van der Waals surface area contributed by atoms with E-state index >= 15 is 0 Å². The molecular weight excluding hydrogens is 159 g/mol. The van der Waals surface area contributed by atoms with E-state index in [2.05, 4.69) is 4.99 Å². The molecule has 2 amide bonds. The van der Waals surface area contributed by atoms with Crippen molar-refractivity contribution in [2.45, 2.75) is 6.92 Å². The fourth-order valence-corrected chi connectivity index (χ4v) is 0.551. The number of nitrogens with one attached hydrogen (secondary N) is 1. The maximum absolute atomic E-state index is 10.6. The Hall–Kier alpha value is -0.390. The van der Waals surface area contributed by atoms with E-state index in [1.807, 2.05) is 5.32 Å². The molecule has 1 N–H and O–H groups in total. The van der Waals surface area contributed by atoms with Crippen LogP contribution in [0.4, 0.5) is 0 Å². The van der Waals surface area contributed by atoms with Crippen molar-refractivity contribution in [3.63, 3.8) is 0 Å². The van der Waals surface area contributed by atoms with E-state index in [0.717, 1.165) is 0 Å². The van der Waals surface area contributed by atoms with E-state index in [1.54, 1.807) is 0 Å². The summed E-state index contributed by atoms with van der Waals surface area (Å²) < 4.78 is 0. The molecule has 0 saturated carbocycles. The third-order valence-electron chi connectivity index (χ3n) is 1.21. The Morgan fingerprint density at radius 2 is 2.09 bits per heavy atom. The van der Waals surface area contributed by atoms with Crippen molar-refractivity contribution in [3.8, 4) is 0 Å². The van der Waals surface area contributed by atoms with E-state index in [1.165, 1.54) is 6.92 Å². The second-order valence-electron chi connectivity index (χ2n) is 1.97. The van der Waals surface area contributed by atoms with Crippen LogP contribution in [0.15, 0.2) is 4.99 Å². The molecule has 11 heavy (non-hydrogen) atoms. The molecule has 5 nitrogen and oxygen atoms in total. The molecule has 0 aliphatic carbocycles. The second kappa shape index (κ2) is 3.85. The Morgan fingerprint density at radius 1 is 1.55 bits per heavy atom. The Kier molecular flexibility index (Phi) is 3.71. The Bertz CT molecular complexity index is 226. The molecule has 1 heterocycles. The molecule has 0 aromatic heterocycles. The molecule has 0 aromatic rings. The molecule has 1 aliphatic rings. The first-order chi connectivity index (χ1) is 4.61. The summed E-state index contributed by atoms with van der Waals surface area (Å²) in [7, 11) is 0. The number of rotatable bonds is 0. The SMILES string of the molecule is CC1C(=O)N=C([O-])NC1=O.[Na+]. The number of amidine groups is 1. The number of amides is 2. The molecule has 6 heteroatoms. The zero-order valence-corrected chi connectivity index (χ0v) is 8.25. The Labute approximate surface area is 85.2 Å². The smallest absolute Gasteiger partial charge is 0.846 e. The molecule has 54 valence electrons. The van der Waals surface area contributed by atoms with Gasteiger partial charge in [-0.2, -0.15) is 0 Å². The van der Waals surface area contributed by atoms with E-state index in [4.69, 9.17) is 0 Å². The summed E-state index contributed by atoms with van der Waals surface area (Å²) in [6.45, 7) is 1.40. The fraction of sp³-hybridized carbons (Fsp3) is 0.400. The predicted octanol–water partition coefficient (Wildman–Crippen LogP) is -5.00. The summed E-state index contributed by atoms with van der Waals surface area (Å²) in [4.78, 5) is 24.2. The molecule has 1 rings (SSSR count). The van der Waals surface area contributed by atoms with Crippen LogP contribution in [-0.4, -0.2) is 17.8 Å². The number of carbonyl (C=O) groups excluding carboxylic acids is 2. The molecule has 0 spiro atoms. The average Bonchev–Trinajstić information content (AvgIpc) is 1.82. The second-order valence-corrected chi connectivity index (χ2v) is 1.97. The monoisotopic (exact) mass is 164 g/mol. The minimum absolute atomic E-state index is 0. The number of hydrogen-bond donors (Lipinski definition) is 1. The van der Waals surface area contributed by atoms with Gasteiger partial charge in [0.05, 0.1) is 6.02 Å². The van der Waals surface area contributed by atoms with Crippen molar-refractivity contribution >= 4 is 17.8 Å². The van der Waals surface area contributed by atoms with E-state index < -0.39 is 23.8 Å². The van der Waals surface area contributed by atoms with Gasteiger partial charge >= 0.3 is 29.6 Å². The maximum atomic E-state index is 10.6. The first kappa shape index (κ1) is 10.6. The normalized spacial score (nSPS) is 23.4. The number of hydrogen-bond acceptors (Lipinski definition) is 3. The standard InChI is InChI=1S/C5H6N2O3.Na/c1-2-3(8)6-5(10)7-4(2)9;/h2H,1H3,(H2,6,7,8,9,10);/q;+1/p-1. The van der Waals surface area contributed by atoms with Crippen LogP contribution in [0.2, 0.25) is 0 Å². The zero-order chi connectivity index (χ0) is 7.72. The van der Waals surface area contributed by atoms with Crippen molar-refractivity contribution in [1.82, 2.24) is 5.32 Å². The molecule has 0 fully saturated rings. The number of aliphatic imine (C=N–C) groups is 1. The third kappa shape index (κ3) is 2.28. The van der Waals surface area contributed by atoms with Gasteiger partial charge in [0.2, 0.25) is 5.91 Å². The molecule has 0 aromatic carbocycles.